The highest BCUT2D eigenvalue weighted by molar-refractivity contribution is 5.87. The van der Waals surface area contributed by atoms with Crippen molar-refractivity contribution in [3.8, 4) is 0 Å². The first-order valence-electron chi connectivity index (χ1n) is 5.12. The standard InChI is InChI=1S/C10H17NO/c12-11-10-7-3-5-8-4-1-2-6-9(8)10/h8-9,12H,1-7H2/b11-10+/t8-,9-/m1/s1. The lowest BCUT2D eigenvalue weighted by Crippen LogP contribution is -2.31. The second kappa shape index (κ2) is 3.46. The summed E-state index contributed by atoms with van der Waals surface area (Å²) in [4.78, 5) is 0. The van der Waals surface area contributed by atoms with E-state index in [1.165, 1.54) is 38.5 Å². The zero-order valence-corrected chi connectivity index (χ0v) is 7.50. The third kappa shape index (κ3) is 1.35. The molecule has 2 nitrogen and oxygen atoms in total. The van der Waals surface area contributed by atoms with Crippen LogP contribution in [0.15, 0.2) is 5.16 Å². The minimum absolute atomic E-state index is 0.637. The monoisotopic (exact) mass is 167 g/mol. The lowest BCUT2D eigenvalue weighted by atomic mass is 9.70. The number of rotatable bonds is 0. The zero-order valence-electron chi connectivity index (χ0n) is 7.50. The molecule has 0 amide bonds. The third-order valence-electron chi connectivity index (χ3n) is 3.47. The van der Waals surface area contributed by atoms with Gasteiger partial charge >= 0.3 is 0 Å². The van der Waals surface area contributed by atoms with E-state index in [2.05, 4.69) is 5.16 Å². The molecule has 12 heavy (non-hydrogen) atoms. The van der Waals surface area contributed by atoms with Crippen molar-refractivity contribution in [3.05, 3.63) is 0 Å². The van der Waals surface area contributed by atoms with Gasteiger partial charge in [-0.25, -0.2) is 0 Å². The van der Waals surface area contributed by atoms with Crippen molar-refractivity contribution in [2.24, 2.45) is 17.0 Å². The molecule has 0 bridgehead atoms. The predicted molar refractivity (Wildman–Crippen MR) is 48.5 cm³/mol. The van der Waals surface area contributed by atoms with Gasteiger partial charge in [-0.3, -0.25) is 0 Å². The molecule has 0 aliphatic heterocycles. The molecule has 0 aromatic rings. The van der Waals surface area contributed by atoms with Gasteiger partial charge in [0.2, 0.25) is 0 Å². The molecule has 2 aliphatic rings. The van der Waals surface area contributed by atoms with Crippen molar-refractivity contribution in [2.45, 2.75) is 44.9 Å². The first-order chi connectivity index (χ1) is 5.92. The Morgan fingerprint density at radius 1 is 1.08 bits per heavy atom. The number of hydrogen-bond donors (Lipinski definition) is 1. The summed E-state index contributed by atoms with van der Waals surface area (Å²) in [5.74, 6) is 1.48. The molecular weight excluding hydrogens is 150 g/mol. The topological polar surface area (TPSA) is 32.6 Å². The zero-order chi connectivity index (χ0) is 8.39. The van der Waals surface area contributed by atoms with Crippen molar-refractivity contribution >= 4 is 5.71 Å². The Balaban J connectivity index is 2.09. The fourth-order valence-electron chi connectivity index (χ4n) is 2.85. The number of nitrogens with zero attached hydrogens (tertiary/aromatic N) is 1. The Morgan fingerprint density at radius 2 is 1.83 bits per heavy atom. The van der Waals surface area contributed by atoms with Crippen molar-refractivity contribution in [3.63, 3.8) is 0 Å². The second-order valence-electron chi connectivity index (χ2n) is 4.13. The number of hydrogen-bond acceptors (Lipinski definition) is 2. The molecular formula is C10H17NO. The molecule has 2 aliphatic carbocycles. The minimum Gasteiger partial charge on any atom is -0.411 e. The van der Waals surface area contributed by atoms with E-state index in [0.717, 1.165) is 18.1 Å². The van der Waals surface area contributed by atoms with Gasteiger partial charge in [0, 0.05) is 5.92 Å². The lowest BCUT2D eigenvalue weighted by Gasteiger charge is -2.35. The van der Waals surface area contributed by atoms with Crippen molar-refractivity contribution in [1.82, 2.24) is 0 Å². The molecule has 0 unspecified atom stereocenters. The van der Waals surface area contributed by atoms with E-state index >= 15 is 0 Å². The van der Waals surface area contributed by atoms with Gasteiger partial charge in [-0.15, -0.1) is 0 Å². The summed E-state index contributed by atoms with van der Waals surface area (Å²) in [5.41, 5.74) is 1.09. The summed E-state index contributed by atoms with van der Waals surface area (Å²) >= 11 is 0. The molecule has 2 fully saturated rings. The van der Waals surface area contributed by atoms with Crippen molar-refractivity contribution < 1.29 is 5.21 Å². The van der Waals surface area contributed by atoms with Crippen LogP contribution in [0.2, 0.25) is 0 Å². The van der Waals surface area contributed by atoms with Gasteiger partial charge in [0.15, 0.2) is 0 Å². The van der Waals surface area contributed by atoms with Gasteiger partial charge in [0.25, 0.3) is 0 Å². The predicted octanol–water partition coefficient (Wildman–Crippen LogP) is 2.81. The fourth-order valence-corrected chi connectivity index (χ4v) is 2.85. The van der Waals surface area contributed by atoms with E-state index in [9.17, 15) is 0 Å². The number of oxime groups is 1. The summed E-state index contributed by atoms with van der Waals surface area (Å²) < 4.78 is 0. The maximum absolute atomic E-state index is 8.82. The molecule has 0 radical (unpaired) electrons. The van der Waals surface area contributed by atoms with Crippen molar-refractivity contribution in [2.75, 3.05) is 0 Å². The van der Waals surface area contributed by atoms with Crippen LogP contribution in [0.25, 0.3) is 0 Å². The Bertz CT molecular complexity index is 186. The quantitative estimate of drug-likeness (QED) is 0.436. The average molecular weight is 167 g/mol. The first kappa shape index (κ1) is 8.09. The number of fused-ring (bicyclic) bond motifs is 1. The van der Waals surface area contributed by atoms with E-state index in [1.807, 2.05) is 0 Å². The molecule has 0 heterocycles. The van der Waals surface area contributed by atoms with Gasteiger partial charge in [-0.05, 0) is 38.0 Å². The molecule has 2 atom stereocenters. The SMILES string of the molecule is O/N=C1\CCC[C@H]2CCCC[C@@H]12. The van der Waals surface area contributed by atoms with E-state index in [1.54, 1.807) is 0 Å². The van der Waals surface area contributed by atoms with Gasteiger partial charge in [0.1, 0.15) is 0 Å². The maximum Gasteiger partial charge on any atom is 0.0604 e. The smallest absolute Gasteiger partial charge is 0.0604 e. The molecule has 0 spiro atoms. The third-order valence-corrected chi connectivity index (χ3v) is 3.47. The molecule has 0 saturated heterocycles. The molecule has 0 aromatic carbocycles. The van der Waals surface area contributed by atoms with Gasteiger partial charge < -0.3 is 5.21 Å². The highest BCUT2D eigenvalue weighted by Gasteiger charge is 2.32. The normalized spacial score (nSPS) is 39.5. The lowest BCUT2D eigenvalue weighted by molar-refractivity contribution is 0.243. The highest BCUT2D eigenvalue weighted by Crippen LogP contribution is 2.38. The van der Waals surface area contributed by atoms with Crippen LogP contribution in [-0.2, 0) is 0 Å². The molecule has 2 saturated carbocycles. The van der Waals surface area contributed by atoms with E-state index in [0.29, 0.717) is 5.92 Å². The summed E-state index contributed by atoms with van der Waals surface area (Å²) in [6.45, 7) is 0. The van der Waals surface area contributed by atoms with Crippen LogP contribution in [0.4, 0.5) is 0 Å². The molecule has 2 heteroatoms. The van der Waals surface area contributed by atoms with Gasteiger partial charge in [-0.1, -0.05) is 18.0 Å². The van der Waals surface area contributed by atoms with Crippen LogP contribution in [-0.4, -0.2) is 10.9 Å². The van der Waals surface area contributed by atoms with E-state index in [4.69, 9.17) is 5.21 Å². The fraction of sp³-hybridized carbons (Fsp3) is 0.900. The first-order valence-corrected chi connectivity index (χ1v) is 5.12. The van der Waals surface area contributed by atoms with Crippen LogP contribution in [0.1, 0.15) is 44.9 Å². The molecule has 1 N–H and O–H groups in total. The molecule has 0 aromatic heterocycles. The van der Waals surface area contributed by atoms with Crippen LogP contribution in [0.5, 0.6) is 0 Å². The average Bonchev–Trinajstić information content (AvgIpc) is 2.17. The minimum atomic E-state index is 0.637. The Hall–Kier alpha value is -0.530. The van der Waals surface area contributed by atoms with E-state index in [-0.39, 0.29) is 0 Å². The Morgan fingerprint density at radius 3 is 2.67 bits per heavy atom. The van der Waals surface area contributed by atoms with Crippen molar-refractivity contribution in [1.29, 1.82) is 0 Å². The van der Waals surface area contributed by atoms with Gasteiger partial charge in [0.05, 0.1) is 5.71 Å². The molecule has 68 valence electrons. The van der Waals surface area contributed by atoms with Crippen LogP contribution >= 0.6 is 0 Å². The van der Waals surface area contributed by atoms with Crippen LogP contribution in [0, 0.1) is 11.8 Å². The highest BCUT2D eigenvalue weighted by atomic mass is 16.4. The largest absolute Gasteiger partial charge is 0.411 e. The summed E-state index contributed by atoms with van der Waals surface area (Å²) in [6, 6.07) is 0. The Labute approximate surface area is 73.7 Å². The maximum atomic E-state index is 8.82. The van der Waals surface area contributed by atoms with Gasteiger partial charge in [-0.2, -0.15) is 0 Å². The Kier molecular flexibility index (Phi) is 2.33. The van der Waals surface area contributed by atoms with Crippen LogP contribution in [0.3, 0.4) is 0 Å². The summed E-state index contributed by atoms with van der Waals surface area (Å²) in [5, 5.41) is 12.3. The summed E-state index contributed by atoms with van der Waals surface area (Å²) in [6.07, 6.45) is 9.00. The summed E-state index contributed by atoms with van der Waals surface area (Å²) in [7, 11) is 0. The molecule has 2 rings (SSSR count). The van der Waals surface area contributed by atoms with E-state index < -0.39 is 0 Å². The van der Waals surface area contributed by atoms with Crippen LogP contribution < -0.4 is 0 Å². The second-order valence-corrected chi connectivity index (χ2v) is 4.13.